The highest BCUT2D eigenvalue weighted by atomic mass is 19.1. The molecule has 0 aliphatic heterocycles. The molecule has 1 amide bonds. The topological polar surface area (TPSA) is 84.2 Å². The zero-order valence-electron chi connectivity index (χ0n) is 13.8. The Bertz CT molecular complexity index is 755. The number of amides is 1. The highest BCUT2D eigenvalue weighted by Gasteiger charge is 2.24. The van der Waals surface area contributed by atoms with Gasteiger partial charge in [0.25, 0.3) is 5.91 Å². The number of carboxylic acid groups (broad SMARTS) is 1. The first kappa shape index (κ1) is 17.7. The van der Waals surface area contributed by atoms with Crippen LogP contribution in [0.1, 0.15) is 36.3 Å². The summed E-state index contributed by atoms with van der Waals surface area (Å²) < 4.78 is 15.2. The number of halogens is 1. The molecule has 0 fully saturated rings. The summed E-state index contributed by atoms with van der Waals surface area (Å²) in [5, 5.41) is 15.8. The molecule has 0 aliphatic carbocycles. The van der Waals surface area contributed by atoms with E-state index in [1.54, 1.807) is 25.1 Å². The summed E-state index contributed by atoms with van der Waals surface area (Å²) in [4.78, 5) is 23.6. The van der Waals surface area contributed by atoms with Gasteiger partial charge in [-0.2, -0.15) is 5.10 Å². The molecule has 24 heavy (non-hydrogen) atoms. The second-order valence-electron chi connectivity index (χ2n) is 6.00. The number of aliphatic carboxylic acids is 1. The number of nitrogens with zero attached hydrogens (tertiary/aromatic N) is 2. The summed E-state index contributed by atoms with van der Waals surface area (Å²) in [7, 11) is 0. The van der Waals surface area contributed by atoms with Crippen molar-refractivity contribution in [2.24, 2.45) is 5.92 Å². The molecule has 0 aliphatic rings. The van der Waals surface area contributed by atoms with Crippen LogP contribution in [0.4, 0.5) is 4.39 Å². The van der Waals surface area contributed by atoms with Gasteiger partial charge in [-0.3, -0.25) is 4.79 Å². The van der Waals surface area contributed by atoms with Crippen molar-refractivity contribution in [2.45, 2.75) is 33.2 Å². The molecule has 1 heterocycles. The van der Waals surface area contributed by atoms with Gasteiger partial charge in [-0.1, -0.05) is 26.0 Å². The van der Waals surface area contributed by atoms with Crippen molar-refractivity contribution in [1.82, 2.24) is 15.1 Å². The molecule has 0 radical (unpaired) electrons. The van der Waals surface area contributed by atoms with Gasteiger partial charge in [0.15, 0.2) is 0 Å². The van der Waals surface area contributed by atoms with Gasteiger partial charge in [-0.25, -0.2) is 13.9 Å². The van der Waals surface area contributed by atoms with E-state index in [0.29, 0.717) is 12.1 Å². The highest BCUT2D eigenvalue weighted by Crippen LogP contribution is 2.17. The first-order chi connectivity index (χ1) is 11.3. The van der Waals surface area contributed by atoms with Crippen LogP contribution in [0.15, 0.2) is 30.5 Å². The molecular weight excluding hydrogens is 313 g/mol. The average molecular weight is 333 g/mol. The molecule has 128 valence electrons. The maximum Gasteiger partial charge on any atom is 0.326 e. The monoisotopic (exact) mass is 333 g/mol. The molecule has 1 atom stereocenters. The smallest absolute Gasteiger partial charge is 0.326 e. The average Bonchev–Trinajstić information content (AvgIpc) is 2.88. The van der Waals surface area contributed by atoms with Crippen LogP contribution >= 0.6 is 0 Å². The zero-order valence-corrected chi connectivity index (χ0v) is 13.8. The quantitative estimate of drug-likeness (QED) is 0.851. The van der Waals surface area contributed by atoms with Gasteiger partial charge in [0.05, 0.1) is 17.5 Å². The zero-order chi connectivity index (χ0) is 17.9. The normalized spacial score (nSPS) is 12.2. The Morgan fingerprint density at radius 2 is 2.00 bits per heavy atom. The fourth-order valence-electron chi connectivity index (χ4n) is 2.43. The Kier molecular flexibility index (Phi) is 5.33. The van der Waals surface area contributed by atoms with Crippen LogP contribution in [0, 0.1) is 18.7 Å². The Morgan fingerprint density at radius 1 is 1.33 bits per heavy atom. The van der Waals surface area contributed by atoms with E-state index in [4.69, 9.17) is 0 Å². The fourth-order valence-corrected chi connectivity index (χ4v) is 2.43. The second-order valence-corrected chi connectivity index (χ2v) is 6.00. The lowest BCUT2D eigenvalue weighted by molar-refractivity contribution is -0.139. The largest absolute Gasteiger partial charge is 0.480 e. The molecule has 0 saturated carbocycles. The number of hydrogen-bond donors (Lipinski definition) is 2. The van der Waals surface area contributed by atoms with Crippen LogP contribution in [-0.2, 0) is 4.79 Å². The number of nitrogens with one attached hydrogen (secondary N) is 1. The van der Waals surface area contributed by atoms with Crippen molar-refractivity contribution >= 4 is 11.9 Å². The van der Waals surface area contributed by atoms with E-state index in [1.165, 1.54) is 16.9 Å². The van der Waals surface area contributed by atoms with Gasteiger partial charge in [0.2, 0.25) is 0 Å². The number of carbonyl (C=O) groups is 2. The molecule has 2 rings (SSSR count). The summed E-state index contributed by atoms with van der Waals surface area (Å²) in [6.07, 6.45) is 1.63. The number of hydrogen-bond acceptors (Lipinski definition) is 3. The van der Waals surface area contributed by atoms with Crippen molar-refractivity contribution in [2.75, 3.05) is 0 Å². The lowest BCUT2D eigenvalue weighted by atomic mass is 10.0. The molecule has 2 N–H and O–H groups in total. The summed E-state index contributed by atoms with van der Waals surface area (Å²) in [5.41, 5.74) is 0.880. The van der Waals surface area contributed by atoms with Gasteiger partial charge in [-0.05, 0) is 31.4 Å². The maximum atomic E-state index is 13.9. The van der Waals surface area contributed by atoms with E-state index in [-0.39, 0.29) is 17.2 Å². The van der Waals surface area contributed by atoms with E-state index < -0.39 is 23.7 Å². The Hall–Kier alpha value is -2.70. The Labute approximate surface area is 139 Å². The minimum Gasteiger partial charge on any atom is -0.480 e. The minimum atomic E-state index is -1.09. The van der Waals surface area contributed by atoms with E-state index in [9.17, 15) is 19.1 Å². The van der Waals surface area contributed by atoms with Gasteiger partial charge in [0.1, 0.15) is 17.5 Å². The van der Waals surface area contributed by atoms with Crippen molar-refractivity contribution < 1.29 is 19.1 Å². The van der Waals surface area contributed by atoms with Crippen molar-refractivity contribution in [1.29, 1.82) is 0 Å². The van der Waals surface area contributed by atoms with Crippen LogP contribution in [-0.4, -0.2) is 32.8 Å². The lowest BCUT2D eigenvalue weighted by Gasteiger charge is -2.16. The molecule has 1 aromatic carbocycles. The molecule has 7 heteroatoms. The summed E-state index contributed by atoms with van der Waals surface area (Å²) in [6, 6.07) is 5.11. The molecule has 1 aromatic heterocycles. The Balaban J connectivity index is 2.26. The molecule has 0 saturated heterocycles. The minimum absolute atomic E-state index is 0.119. The van der Waals surface area contributed by atoms with E-state index in [0.717, 1.165) is 0 Å². The van der Waals surface area contributed by atoms with Crippen molar-refractivity contribution in [3.8, 4) is 5.69 Å². The lowest BCUT2D eigenvalue weighted by Crippen LogP contribution is -2.41. The SMILES string of the molecule is Cc1c(C(=O)NC(CC(C)C)C(=O)O)cnn1-c1ccccc1F. The molecule has 6 nitrogen and oxygen atoms in total. The van der Waals surface area contributed by atoms with Crippen LogP contribution in [0.3, 0.4) is 0 Å². The van der Waals surface area contributed by atoms with Crippen LogP contribution in [0.25, 0.3) is 5.69 Å². The standard InChI is InChI=1S/C17H20FN3O3/c1-10(2)8-14(17(23)24)20-16(22)12-9-19-21(11(12)3)15-7-5-4-6-13(15)18/h4-7,9-10,14H,8H2,1-3H3,(H,20,22)(H,23,24). The first-order valence-electron chi connectivity index (χ1n) is 7.64. The van der Waals surface area contributed by atoms with E-state index >= 15 is 0 Å². The van der Waals surface area contributed by atoms with Gasteiger partial charge >= 0.3 is 5.97 Å². The number of aromatic nitrogens is 2. The van der Waals surface area contributed by atoms with Crippen molar-refractivity contribution in [3.63, 3.8) is 0 Å². The molecule has 2 aromatic rings. The maximum absolute atomic E-state index is 13.9. The third-order valence-electron chi connectivity index (χ3n) is 3.65. The highest BCUT2D eigenvalue weighted by molar-refractivity contribution is 5.97. The molecule has 0 spiro atoms. The third kappa shape index (κ3) is 3.79. The summed E-state index contributed by atoms with van der Waals surface area (Å²) >= 11 is 0. The van der Waals surface area contributed by atoms with Crippen molar-refractivity contribution in [3.05, 3.63) is 47.5 Å². The first-order valence-corrected chi connectivity index (χ1v) is 7.64. The van der Waals surface area contributed by atoms with E-state index in [1.807, 2.05) is 13.8 Å². The summed E-state index contributed by atoms with van der Waals surface area (Å²) in [6.45, 7) is 5.39. The summed E-state index contributed by atoms with van der Waals surface area (Å²) in [5.74, 6) is -1.97. The van der Waals surface area contributed by atoms with Gasteiger partial charge in [-0.15, -0.1) is 0 Å². The number of rotatable bonds is 6. The predicted octanol–water partition coefficient (Wildman–Crippen LogP) is 2.55. The molecule has 1 unspecified atom stereocenters. The molecule has 0 bridgehead atoms. The molecular formula is C17H20FN3O3. The van der Waals surface area contributed by atoms with E-state index in [2.05, 4.69) is 10.4 Å². The Morgan fingerprint density at radius 3 is 2.58 bits per heavy atom. The third-order valence-corrected chi connectivity index (χ3v) is 3.65. The van der Waals surface area contributed by atoms with Gasteiger partial charge in [0, 0.05) is 0 Å². The number of carboxylic acids is 1. The van der Waals surface area contributed by atoms with Crippen LogP contribution < -0.4 is 5.32 Å². The number of para-hydroxylation sites is 1. The number of carbonyl (C=O) groups excluding carboxylic acids is 1. The number of benzene rings is 1. The predicted molar refractivity (Wildman–Crippen MR) is 86.6 cm³/mol. The fraction of sp³-hybridized carbons (Fsp3) is 0.353. The van der Waals surface area contributed by atoms with Gasteiger partial charge < -0.3 is 10.4 Å². The van der Waals surface area contributed by atoms with Crippen LogP contribution in [0.5, 0.6) is 0 Å². The van der Waals surface area contributed by atoms with Crippen LogP contribution in [0.2, 0.25) is 0 Å². The second kappa shape index (κ2) is 7.25.